The van der Waals surface area contributed by atoms with Gasteiger partial charge in [0, 0.05) is 15.2 Å². The maximum Gasteiger partial charge on any atom is 0.337 e. The van der Waals surface area contributed by atoms with Crippen LogP contribution in [0, 0.1) is 0 Å². The van der Waals surface area contributed by atoms with Crippen LogP contribution in [0.2, 0.25) is 10.0 Å². The van der Waals surface area contributed by atoms with E-state index in [0.717, 1.165) is 11.8 Å². The molecular weight excluding hydrogens is 603 g/mol. The second kappa shape index (κ2) is 11.8. The smallest absolute Gasteiger partial charge is 0.337 e. The molecule has 1 saturated heterocycles. The standard InChI is InChI=1S/C22H23BrCl2N2O6S2/c1-22(2,3)33-21(31)17-12(20(30)32-7-6-23)9-35-19-16(18(29)27(17)19)26-15(28)10-34-14-8-11(24)4-5-13(14)25/h4-5,8-9,16-17,19H,6-7,10H2,1-3H3,(H,26,28)/t16?,17?,19-/m1/s1. The predicted molar refractivity (Wildman–Crippen MR) is 140 cm³/mol. The molecule has 35 heavy (non-hydrogen) atoms. The van der Waals surface area contributed by atoms with Crippen molar-refractivity contribution >= 4 is 86.4 Å². The fraction of sp³-hybridized carbons (Fsp3) is 0.455. The van der Waals surface area contributed by atoms with Gasteiger partial charge in [-0.05, 0) is 44.4 Å². The molecular formula is C22H23BrCl2N2O6S2. The number of halogens is 3. The van der Waals surface area contributed by atoms with Crippen molar-refractivity contribution < 1.29 is 28.7 Å². The molecule has 190 valence electrons. The molecule has 0 spiro atoms. The Hall–Kier alpha value is -1.40. The molecule has 1 aromatic carbocycles. The molecule has 0 aliphatic carbocycles. The first kappa shape index (κ1) is 28.2. The van der Waals surface area contributed by atoms with Crippen LogP contribution in [0.4, 0.5) is 0 Å². The number of fused-ring (bicyclic) bond motifs is 1. The number of ether oxygens (including phenoxy) is 2. The van der Waals surface area contributed by atoms with Crippen LogP contribution in [0.1, 0.15) is 20.8 Å². The first-order chi connectivity index (χ1) is 16.4. The Bertz CT molecular complexity index is 1060. The third-order valence-corrected chi connectivity index (χ3v) is 7.96. The van der Waals surface area contributed by atoms with Gasteiger partial charge in [-0.2, -0.15) is 0 Å². The van der Waals surface area contributed by atoms with Gasteiger partial charge in [0.25, 0.3) is 0 Å². The number of nitrogens with zero attached hydrogens (tertiary/aromatic N) is 1. The molecule has 2 aliphatic rings. The van der Waals surface area contributed by atoms with Crippen molar-refractivity contribution in [2.45, 2.75) is 48.7 Å². The molecule has 1 fully saturated rings. The SMILES string of the molecule is CC(C)(C)OC(=O)C1C(C(=O)OCCBr)=CS[C@@H]2C(NC(=O)CSc3cc(Cl)ccc3Cl)C(=O)N12. The highest BCUT2D eigenvalue weighted by atomic mass is 79.9. The Morgan fingerprint density at radius 2 is 1.97 bits per heavy atom. The van der Waals surface area contributed by atoms with E-state index in [1.165, 1.54) is 22.1 Å². The highest BCUT2D eigenvalue weighted by molar-refractivity contribution is 9.09. The maximum atomic E-state index is 13.0. The lowest BCUT2D eigenvalue weighted by Gasteiger charge is -2.51. The van der Waals surface area contributed by atoms with Crippen LogP contribution in [0.3, 0.4) is 0 Å². The number of benzene rings is 1. The van der Waals surface area contributed by atoms with Gasteiger partial charge in [-0.15, -0.1) is 23.5 Å². The number of hydrogen-bond acceptors (Lipinski definition) is 8. The lowest BCUT2D eigenvalue weighted by molar-refractivity contribution is -0.171. The Morgan fingerprint density at radius 3 is 2.63 bits per heavy atom. The van der Waals surface area contributed by atoms with Crippen LogP contribution in [-0.2, 0) is 28.7 Å². The molecule has 0 saturated carbocycles. The monoisotopic (exact) mass is 624 g/mol. The third-order valence-electron chi connectivity index (χ3n) is 4.73. The Morgan fingerprint density at radius 1 is 1.26 bits per heavy atom. The van der Waals surface area contributed by atoms with Crippen LogP contribution < -0.4 is 5.32 Å². The molecule has 1 N–H and O–H groups in total. The summed E-state index contributed by atoms with van der Waals surface area (Å²) >= 11 is 17.6. The van der Waals surface area contributed by atoms with Gasteiger partial charge < -0.3 is 19.7 Å². The van der Waals surface area contributed by atoms with Gasteiger partial charge in [-0.25, -0.2) is 9.59 Å². The van der Waals surface area contributed by atoms with Crippen molar-refractivity contribution in [1.82, 2.24) is 10.2 Å². The number of β-lactam (4-membered cyclic amide) rings is 1. The number of amides is 2. The molecule has 13 heteroatoms. The normalized spacial score (nSPS) is 21.4. The van der Waals surface area contributed by atoms with Crippen molar-refractivity contribution in [2.24, 2.45) is 0 Å². The van der Waals surface area contributed by atoms with Gasteiger partial charge in [0.2, 0.25) is 11.8 Å². The zero-order valence-corrected chi connectivity index (χ0v) is 23.7. The van der Waals surface area contributed by atoms with E-state index in [-0.39, 0.29) is 23.8 Å². The van der Waals surface area contributed by atoms with Crippen molar-refractivity contribution in [3.63, 3.8) is 0 Å². The number of nitrogens with one attached hydrogen (secondary N) is 1. The van der Waals surface area contributed by atoms with Crippen LogP contribution >= 0.6 is 62.7 Å². The van der Waals surface area contributed by atoms with E-state index in [9.17, 15) is 19.2 Å². The lowest BCUT2D eigenvalue weighted by Crippen LogP contribution is -2.74. The van der Waals surface area contributed by atoms with E-state index in [2.05, 4.69) is 21.2 Å². The molecule has 0 aromatic heterocycles. The summed E-state index contributed by atoms with van der Waals surface area (Å²) in [5.41, 5.74) is -0.812. The molecule has 2 aliphatic heterocycles. The average molecular weight is 626 g/mol. The number of carbonyl (C=O) groups is 4. The summed E-state index contributed by atoms with van der Waals surface area (Å²) in [7, 11) is 0. The zero-order valence-electron chi connectivity index (χ0n) is 19.0. The van der Waals surface area contributed by atoms with Crippen molar-refractivity contribution in [1.29, 1.82) is 0 Å². The fourth-order valence-electron chi connectivity index (χ4n) is 3.31. The lowest BCUT2D eigenvalue weighted by atomic mass is 9.97. The minimum Gasteiger partial charge on any atom is -0.461 e. The first-order valence-electron chi connectivity index (χ1n) is 10.4. The summed E-state index contributed by atoms with van der Waals surface area (Å²) in [6.07, 6.45) is 0. The summed E-state index contributed by atoms with van der Waals surface area (Å²) in [5, 5.41) is 5.01. The molecule has 3 atom stereocenters. The number of carbonyl (C=O) groups excluding carboxylic acids is 4. The van der Waals surface area contributed by atoms with Crippen molar-refractivity contribution in [2.75, 3.05) is 17.7 Å². The summed E-state index contributed by atoms with van der Waals surface area (Å²) < 4.78 is 10.6. The highest BCUT2D eigenvalue weighted by Crippen LogP contribution is 2.41. The van der Waals surface area contributed by atoms with Gasteiger partial charge in [0.05, 0.1) is 16.3 Å². The first-order valence-corrected chi connectivity index (χ1v) is 14.2. The third kappa shape index (κ3) is 6.88. The van der Waals surface area contributed by atoms with Crippen LogP contribution in [-0.4, -0.2) is 69.4 Å². The minimum absolute atomic E-state index is 0.0106. The van der Waals surface area contributed by atoms with E-state index < -0.39 is 40.9 Å². The number of thioether (sulfide) groups is 2. The summed E-state index contributed by atoms with van der Waals surface area (Å²) in [4.78, 5) is 53.1. The van der Waals surface area contributed by atoms with Crippen molar-refractivity contribution in [3.8, 4) is 0 Å². The van der Waals surface area contributed by atoms with E-state index in [1.54, 1.807) is 39.0 Å². The van der Waals surface area contributed by atoms with E-state index in [4.69, 9.17) is 32.7 Å². The largest absolute Gasteiger partial charge is 0.461 e. The number of alkyl halides is 1. The molecule has 2 amide bonds. The highest BCUT2D eigenvalue weighted by Gasteiger charge is 2.57. The van der Waals surface area contributed by atoms with E-state index >= 15 is 0 Å². The minimum atomic E-state index is -1.26. The predicted octanol–water partition coefficient (Wildman–Crippen LogP) is 4.02. The average Bonchev–Trinajstić information content (AvgIpc) is 2.79. The maximum absolute atomic E-state index is 13.0. The molecule has 2 unspecified atom stereocenters. The second-order valence-corrected chi connectivity index (χ2v) is 12.2. The van der Waals surface area contributed by atoms with Crippen LogP contribution in [0.25, 0.3) is 0 Å². The summed E-state index contributed by atoms with van der Waals surface area (Å²) in [5.74, 6) is -2.31. The van der Waals surface area contributed by atoms with E-state index in [1.807, 2.05) is 0 Å². The fourth-order valence-corrected chi connectivity index (χ4v) is 5.99. The second-order valence-electron chi connectivity index (χ2n) is 8.51. The van der Waals surface area contributed by atoms with E-state index in [0.29, 0.717) is 20.3 Å². The van der Waals surface area contributed by atoms with Gasteiger partial charge >= 0.3 is 11.9 Å². The van der Waals surface area contributed by atoms with Crippen LogP contribution in [0.5, 0.6) is 0 Å². The molecule has 0 radical (unpaired) electrons. The Balaban J connectivity index is 1.71. The molecule has 1 aromatic rings. The zero-order chi connectivity index (χ0) is 25.9. The Labute approximate surface area is 229 Å². The quantitative estimate of drug-likeness (QED) is 0.200. The number of hydrogen-bond donors (Lipinski definition) is 1. The molecule has 8 nitrogen and oxygen atoms in total. The van der Waals surface area contributed by atoms with Gasteiger partial charge in [0.1, 0.15) is 23.6 Å². The summed E-state index contributed by atoms with van der Waals surface area (Å²) in [6, 6.07) is 2.82. The van der Waals surface area contributed by atoms with Crippen molar-refractivity contribution in [3.05, 3.63) is 39.2 Å². The van der Waals surface area contributed by atoms with Crippen LogP contribution in [0.15, 0.2) is 34.1 Å². The molecule has 3 rings (SSSR count). The summed E-state index contributed by atoms with van der Waals surface area (Å²) in [6.45, 7) is 5.18. The molecule has 0 bridgehead atoms. The number of esters is 2. The van der Waals surface area contributed by atoms with Gasteiger partial charge in [0.15, 0.2) is 6.04 Å². The van der Waals surface area contributed by atoms with Gasteiger partial charge in [-0.3, -0.25) is 9.59 Å². The Kier molecular flexibility index (Phi) is 9.47. The van der Waals surface area contributed by atoms with Gasteiger partial charge in [-0.1, -0.05) is 39.1 Å². The topological polar surface area (TPSA) is 102 Å². The molecule has 2 heterocycles. The number of rotatable bonds is 8.